The minimum atomic E-state index is -0.772. The highest BCUT2D eigenvalue weighted by atomic mass is 32.2. The van der Waals surface area contributed by atoms with Crippen molar-refractivity contribution in [1.29, 1.82) is 0 Å². The Morgan fingerprint density at radius 3 is 2.40 bits per heavy atom. The quantitative estimate of drug-likeness (QED) is 0.202. The standard InChI is InChI=1S/C21H16N2O6S/c1-13-11-22-18(12-23(13)27)20(25)29-15-7-9-16(10-8-15)30-21(26)17-5-3-4-6-19(17)28-14(2)24/h3-12H,1-2H3. The van der Waals surface area contributed by atoms with Crippen LogP contribution in [0.25, 0.3) is 0 Å². The van der Waals surface area contributed by atoms with Gasteiger partial charge in [-0.1, -0.05) is 12.1 Å². The first kappa shape index (κ1) is 21.0. The largest absolute Gasteiger partial charge is 0.618 e. The summed E-state index contributed by atoms with van der Waals surface area (Å²) < 4.78 is 10.8. The maximum absolute atomic E-state index is 12.6. The van der Waals surface area contributed by atoms with Gasteiger partial charge in [0, 0.05) is 18.7 Å². The third kappa shape index (κ3) is 5.21. The summed E-state index contributed by atoms with van der Waals surface area (Å²) in [5.41, 5.74) is 0.503. The van der Waals surface area contributed by atoms with Crippen LogP contribution in [0.4, 0.5) is 0 Å². The topological polar surface area (TPSA) is 110 Å². The van der Waals surface area contributed by atoms with Gasteiger partial charge in [0.05, 0.1) is 11.8 Å². The van der Waals surface area contributed by atoms with Gasteiger partial charge in [-0.15, -0.1) is 0 Å². The predicted molar refractivity (Wildman–Crippen MR) is 107 cm³/mol. The zero-order valence-electron chi connectivity index (χ0n) is 16.0. The number of hydrogen-bond donors (Lipinski definition) is 0. The summed E-state index contributed by atoms with van der Waals surface area (Å²) >= 11 is 0.938. The summed E-state index contributed by atoms with van der Waals surface area (Å²) in [5, 5.41) is 11.2. The first-order valence-electron chi connectivity index (χ1n) is 8.71. The molecule has 0 saturated carbocycles. The van der Waals surface area contributed by atoms with Crippen LogP contribution in [0.5, 0.6) is 11.5 Å². The lowest BCUT2D eigenvalue weighted by molar-refractivity contribution is -0.613. The molecule has 0 aliphatic rings. The van der Waals surface area contributed by atoms with Crippen LogP contribution in [-0.2, 0) is 4.79 Å². The van der Waals surface area contributed by atoms with Gasteiger partial charge in [-0.25, -0.2) is 9.78 Å². The molecule has 0 N–H and O–H groups in total. The van der Waals surface area contributed by atoms with E-state index >= 15 is 0 Å². The van der Waals surface area contributed by atoms with Gasteiger partial charge in [-0.3, -0.25) is 9.59 Å². The number of aromatic nitrogens is 2. The molecule has 0 atom stereocenters. The lowest BCUT2D eigenvalue weighted by Gasteiger charge is -2.08. The number of carbonyl (C=O) groups excluding carboxylic acids is 3. The molecule has 30 heavy (non-hydrogen) atoms. The van der Waals surface area contributed by atoms with E-state index in [1.165, 1.54) is 25.3 Å². The molecule has 0 saturated heterocycles. The number of para-hydroxylation sites is 1. The van der Waals surface area contributed by atoms with Crippen molar-refractivity contribution in [2.24, 2.45) is 0 Å². The molecule has 2 aromatic carbocycles. The molecule has 1 heterocycles. The molecular formula is C21H16N2O6S. The van der Waals surface area contributed by atoms with Crippen molar-refractivity contribution in [1.82, 2.24) is 4.98 Å². The van der Waals surface area contributed by atoms with Gasteiger partial charge >= 0.3 is 11.9 Å². The van der Waals surface area contributed by atoms with E-state index in [-0.39, 0.29) is 27.9 Å². The Labute approximate surface area is 176 Å². The van der Waals surface area contributed by atoms with Crippen LogP contribution < -0.4 is 14.2 Å². The normalized spacial score (nSPS) is 10.3. The molecule has 152 valence electrons. The van der Waals surface area contributed by atoms with Crippen molar-refractivity contribution in [3.63, 3.8) is 0 Å². The molecule has 9 heteroatoms. The van der Waals surface area contributed by atoms with Gasteiger partial charge in [-0.2, -0.15) is 4.73 Å². The van der Waals surface area contributed by atoms with Crippen molar-refractivity contribution in [3.8, 4) is 11.5 Å². The minimum Gasteiger partial charge on any atom is -0.618 e. The summed E-state index contributed by atoms with van der Waals surface area (Å²) in [5.74, 6) is -0.866. The highest BCUT2D eigenvalue weighted by Crippen LogP contribution is 2.29. The van der Waals surface area contributed by atoms with E-state index < -0.39 is 11.9 Å². The van der Waals surface area contributed by atoms with Gasteiger partial charge in [0.15, 0.2) is 0 Å². The second kappa shape index (κ2) is 9.19. The smallest absolute Gasteiger partial charge is 0.368 e. The fourth-order valence-electron chi connectivity index (χ4n) is 2.35. The zero-order valence-corrected chi connectivity index (χ0v) is 16.8. The van der Waals surface area contributed by atoms with E-state index in [4.69, 9.17) is 9.47 Å². The number of carbonyl (C=O) groups is 3. The fraction of sp³-hybridized carbons (Fsp3) is 0.0952. The van der Waals surface area contributed by atoms with Crippen LogP contribution in [0, 0.1) is 12.1 Å². The predicted octanol–water partition coefficient (Wildman–Crippen LogP) is 3.10. The molecule has 0 amide bonds. The van der Waals surface area contributed by atoms with Crippen LogP contribution in [-0.4, -0.2) is 22.0 Å². The number of nitrogens with zero attached hydrogens (tertiary/aromatic N) is 2. The maximum atomic E-state index is 12.6. The van der Waals surface area contributed by atoms with Crippen LogP contribution in [0.3, 0.4) is 0 Å². The van der Waals surface area contributed by atoms with E-state index in [0.29, 0.717) is 15.3 Å². The van der Waals surface area contributed by atoms with Crippen molar-refractivity contribution >= 4 is 28.8 Å². The molecule has 0 spiro atoms. The Kier molecular flexibility index (Phi) is 6.43. The van der Waals surface area contributed by atoms with Crippen LogP contribution in [0.2, 0.25) is 0 Å². The molecule has 3 aromatic rings. The van der Waals surface area contributed by atoms with E-state index in [1.807, 2.05) is 0 Å². The fourth-order valence-corrected chi connectivity index (χ4v) is 3.11. The van der Waals surface area contributed by atoms with Crippen molar-refractivity contribution in [2.75, 3.05) is 0 Å². The van der Waals surface area contributed by atoms with E-state index in [9.17, 15) is 19.6 Å². The maximum Gasteiger partial charge on any atom is 0.368 e. The Bertz CT molecular complexity index is 1110. The first-order chi connectivity index (χ1) is 14.3. The number of benzene rings is 2. The number of esters is 2. The number of hydrogen-bond acceptors (Lipinski definition) is 8. The molecule has 0 fully saturated rings. The average Bonchev–Trinajstić information content (AvgIpc) is 2.71. The van der Waals surface area contributed by atoms with Crippen LogP contribution >= 0.6 is 11.8 Å². The molecule has 0 bridgehead atoms. The number of rotatable bonds is 5. The number of thioether (sulfide) groups is 1. The van der Waals surface area contributed by atoms with Gasteiger partial charge in [-0.05, 0) is 48.2 Å². The van der Waals surface area contributed by atoms with Crippen molar-refractivity contribution in [3.05, 3.63) is 83.1 Å². The second-order valence-corrected chi connectivity index (χ2v) is 7.13. The van der Waals surface area contributed by atoms with Crippen LogP contribution in [0.1, 0.15) is 33.5 Å². The zero-order chi connectivity index (χ0) is 21.7. The van der Waals surface area contributed by atoms with E-state index in [1.54, 1.807) is 43.3 Å². The average molecular weight is 424 g/mol. The minimum absolute atomic E-state index is 0.119. The summed E-state index contributed by atoms with van der Waals surface area (Å²) in [4.78, 5) is 40.4. The van der Waals surface area contributed by atoms with Gasteiger partial charge < -0.3 is 14.7 Å². The van der Waals surface area contributed by atoms with Gasteiger partial charge in [0.2, 0.25) is 22.7 Å². The molecule has 3 rings (SSSR count). The SMILES string of the molecule is CC(=O)Oc1ccccc1C(=O)Sc1ccc(OC(=O)c2c[n+]([O-])c(C)cn2)cc1. The lowest BCUT2D eigenvalue weighted by atomic mass is 10.2. The Morgan fingerprint density at radius 2 is 1.73 bits per heavy atom. The summed E-state index contributed by atoms with van der Waals surface area (Å²) in [6, 6.07) is 12.7. The molecule has 8 nitrogen and oxygen atoms in total. The van der Waals surface area contributed by atoms with E-state index in [2.05, 4.69) is 4.98 Å². The summed E-state index contributed by atoms with van der Waals surface area (Å²) in [6.45, 7) is 2.83. The van der Waals surface area contributed by atoms with Crippen molar-refractivity contribution < 1.29 is 28.6 Å². The van der Waals surface area contributed by atoms with E-state index in [0.717, 1.165) is 18.0 Å². The summed E-state index contributed by atoms with van der Waals surface area (Å²) in [7, 11) is 0. The summed E-state index contributed by atoms with van der Waals surface area (Å²) in [6.07, 6.45) is 2.32. The number of aryl methyl sites for hydroxylation is 1. The lowest BCUT2D eigenvalue weighted by Crippen LogP contribution is -2.32. The third-order valence-corrected chi connectivity index (χ3v) is 4.71. The first-order valence-corrected chi connectivity index (χ1v) is 9.53. The van der Waals surface area contributed by atoms with Crippen molar-refractivity contribution in [2.45, 2.75) is 18.7 Å². The molecule has 1 aromatic heterocycles. The Hall–Kier alpha value is -3.72. The monoisotopic (exact) mass is 424 g/mol. The van der Waals surface area contributed by atoms with Gasteiger partial charge in [0.1, 0.15) is 11.5 Å². The molecule has 0 radical (unpaired) electrons. The highest BCUT2D eigenvalue weighted by Gasteiger charge is 2.17. The molecule has 0 aliphatic heterocycles. The molecule has 0 unspecified atom stereocenters. The van der Waals surface area contributed by atoms with Gasteiger partial charge in [0.25, 0.3) is 0 Å². The Balaban J connectivity index is 1.67. The number of ether oxygens (including phenoxy) is 2. The second-order valence-electron chi connectivity index (χ2n) is 6.08. The Morgan fingerprint density at radius 1 is 1.03 bits per heavy atom. The molecule has 0 aliphatic carbocycles. The van der Waals surface area contributed by atoms with Crippen LogP contribution in [0.15, 0.2) is 65.8 Å². The third-order valence-electron chi connectivity index (χ3n) is 3.79. The molecular weight excluding hydrogens is 408 g/mol. The highest BCUT2D eigenvalue weighted by molar-refractivity contribution is 8.14.